The van der Waals surface area contributed by atoms with Crippen LogP contribution in [0.25, 0.3) is 6.08 Å². The van der Waals surface area contributed by atoms with Crippen molar-refractivity contribution in [3.63, 3.8) is 0 Å². The van der Waals surface area contributed by atoms with Crippen molar-refractivity contribution >= 4 is 6.08 Å². The van der Waals surface area contributed by atoms with Gasteiger partial charge in [-0.1, -0.05) is 78.5 Å². The topological polar surface area (TPSA) is 0 Å². The molecule has 2 atom stereocenters. The zero-order valence-corrected chi connectivity index (χ0v) is 14.5. The number of benzene rings is 1. The fourth-order valence-electron chi connectivity index (χ4n) is 5.07. The van der Waals surface area contributed by atoms with Crippen molar-refractivity contribution in [2.75, 3.05) is 0 Å². The third kappa shape index (κ3) is 2.84. The molecule has 0 radical (unpaired) electrons. The van der Waals surface area contributed by atoms with Crippen molar-refractivity contribution in [3.8, 4) is 0 Å². The van der Waals surface area contributed by atoms with Crippen LogP contribution in [-0.2, 0) is 0 Å². The summed E-state index contributed by atoms with van der Waals surface area (Å²) in [5, 5.41) is 0. The highest BCUT2D eigenvalue weighted by Crippen LogP contribution is 2.47. The van der Waals surface area contributed by atoms with Crippen molar-refractivity contribution in [3.05, 3.63) is 64.3 Å². The summed E-state index contributed by atoms with van der Waals surface area (Å²) in [4.78, 5) is 0. The van der Waals surface area contributed by atoms with Crippen LogP contribution in [0.3, 0.4) is 0 Å². The lowest BCUT2D eigenvalue weighted by molar-refractivity contribution is 0.299. The molecule has 0 amide bonds. The molecule has 2 unspecified atom stereocenters. The van der Waals surface area contributed by atoms with Crippen molar-refractivity contribution in [2.45, 2.75) is 58.3 Å². The monoisotopic (exact) mass is 304 g/mol. The molecule has 0 aliphatic heterocycles. The van der Waals surface area contributed by atoms with Gasteiger partial charge in [-0.3, -0.25) is 0 Å². The average molecular weight is 304 g/mol. The van der Waals surface area contributed by atoms with E-state index < -0.39 is 0 Å². The van der Waals surface area contributed by atoms with Crippen LogP contribution in [0.15, 0.2) is 53.1 Å². The van der Waals surface area contributed by atoms with Gasteiger partial charge in [0.1, 0.15) is 0 Å². The average Bonchev–Trinajstić information content (AvgIpc) is 2.93. The Morgan fingerprint density at radius 2 is 1.70 bits per heavy atom. The maximum absolute atomic E-state index is 2.49. The van der Waals surface area contributed by atoms with Crippen molar-refractivity contribution < 1.29 is 0 Å². The minimum Gasteiger partial charge on any atom is -0.0704 e. The number of fused-ring (bicyclic) bond motifs is 1. The van der Waals surface area contributed by atoms with Crippen LogP contribution in [0.2, 0.25) is 0 Å². The predicted molar refractivity (Wildman–Crippen MR) is 99.4 cm³/mol. The first-order valence-corrected chi connectivity index (χ1v) is 9.38. The molecule has 0 heteroatoms. The van der Waals surface area contributed by atoms with Gasteiger partial charge in [0.15, 0.2) is 0 Å². The summed E-state index contributed by atoms with van der Waals surface area (Å²) in [5.41, 5.74) is 7.69. The van der Waals surface area contributed by atoms with Gasteiger partial charge in [-0.25, -0.2) is 0 Å². The Bertz CT molecular complexity index is 680. The molecule has 0 aromatic heterocycles. The second-order valence-electron chi connectivity index (χ2n) is 7.83. The zero-order chi connectivity index (χ0) is 15.8. The minimum atomic E-state index is 0.550. The number of rotatable bonds is 2. The third-order valence-corrected chi connectivity index (χ3v) is 6.19. The van der Waals surface area contributed by atoms with E-state index in [2.05, 4.69) is 56.3 Å². The van der Waals surface area contributed by atoms with Crippen LogP contribution < -0.4 is 0 Å². The predicted octanol–water partition coefficient (Wildman–Crippen LogP) is 6.66. The third-order valence-electron chi connectivity index (χ3n) is 6.19. The summed E-state index contributed by atoms with van der Waals surface area (Å²) < 4.78 is 0. The van der Waals surface area contributed by atoms with E-state index in [1.807, 2.05) is 0 Å². The van der Waals surface area contributed by atoms with Crippen molar-refractivity contribution in [1.82, 2.24) is 0 Å². The number of hydrogen-bond donors (Lipinski definition) is 0. The summed E-state index contributed by atoms with van der Waals surface area (Å²) in [6.45, 7) is 4.54. The Balaban J connectivity index is 1.70. The molecular weight excluding hydrogens is 276 g/mol. The van der Waals surface area contributed by atoms with E-state index in [1.54, 1.807) is 11.1 Å². The SMILES string of the molecule is CC1=CC(C2=Cc3ccccc3C(C3CCCCC3)C2)C(C)=C1. The quantitative estimate of drug-likeness (QED) is 0.573. The normalized spacial score (nSPS) is 28.0. The van der Waals surface area contributed by atoms with Gasteiger partial charge in [0.05, 0.1) is 0 Å². The molecule has 3 aliphatic carbocycles. The molecule has 1 saturated carbocycles. The fraction of sp³-hybridized carbons (Fsp3) is 0.478. The van der Waals surface area contributed by atoms with Crippen molar-refractivity contribution in [2.24, 2.45) is 11.8 Å². The van der Waals surface area contributed by atoms with E-state index in [0.717, 1.165) is 11.8 Å². The smallest absolute Gasteiger partial charge is 0.0196 e. The Morgan fingerprint density at radius 3 is 2.43 bits per heavy atom. The molecule has 23 heavy (non-hydrogen) atoms. The first-order chi connectivity index (χ1) is 11.2. The highest BCUT2D eigenvalue weighted by molar-refractivity contribution is 5.63. The van der Waals surface area contributed by atoms with E-state index in [4.69, 9.17) is 0 Å². The number of allylic oxidation sites excluding steroid dienone is 5. The van der Waals surface area contributed by atoms with Crippen LogP contribution in [-0.4, -0.2) is 0 Å². The lowest BCUT2D eigenvalue weighted by atomic mass is 9.69. The second-order valence-corrected chi connectivity index (χ2v) is 7.83. The fourth-order valence-corrected chi connectivity index (χ4v) is 5.07. The van der Waals surface area contributed by atoms with Gasteiger partial charge in [-0.05, 0) is 56.1 Å². The Kier molecular flexibility index (Phi) is 4.01. The Morgan fingerprint density at radius 1 is 0.913 bits per heavy atom. The molecule has 1 aromatic carbocycles. The van der Waals surface area contributed by atoms with Gasteiger partial charge < -0.3 is 0 Å². The highest BCUT2D eigenvalue weighted by atomic mass is 14.4. The van der Waals surface area contributed by atoms with Crippen LogP contribution in [0.1, 0.15) is 69.4 Å². The second kappa shape index (κ2) is 6.15. The molecule has 120 valence electrons. The molecule has 0 spiro atoms. The maximum Gasteiger partial charge on any atom is 0.0196 e. The number of hydrogen-bond acceptors (Lipinski definition) is 0. The van der Waals surface area contributed by atoms with Crippen LogP contribution >= 0.6 is 0 Å². The van der Waals surface area contributed by atoms with Gasteiger partial charge in [-0.15, -0.1) is 0 Å². The van der Waals surface area contributed by atoms with Crippen molar-refractivity contribution in [1.29, 1.82) is 0 Å². The van der Waals surface area contributed by atoms with Gasteiger partial charge in [0.25, 0.3) is 0 Å². The Hall–Kier alpha value is -1.56. The zero-order valence-electron chi connectivity index (χ0n) is 14.5. The van der Waals surface area contributed by atoms with Gasteiger partial charge in [0, 0.05) is 5.92 Å². The standard InChI is InChI=1S/C23H28/c1-16-12-17(2)22(13-16)20-14-19-10-6-7-11-21(19)23(15-20)18-8-4-3-5-9-18/h6-7,10-14,18,22-23H,3-5,8-9,15H2,1-2H3. The first-order valence-electron chi connectivity index (χ1n) is 9.38. The lowest BCUT2D eigenvalue weighted by Gasteiger charge is -2.36. The summed E-state index contributed by atoms with van der Waals surface area (Å²) in [7, 11) is 0. The summed E-state index contributed by atoms with van der Waals surface area (Å²) >= 11 is 0. The molecule has 4 rings (SSSR count). The minimum absolute atomic E-state index is 0.550. The molecule has 3 aliphatic rings. The van der Waals surface area contributed by atoms with E-state index >= 15 is 0 Å². The van der Waals surface area contributed by atoms with Crippen LogP contribution in [0.5, 0.6) is 0 Å². The molecule has 0 saturated heterocycles. The van der Waals surface area contributed by atoms with E-state index in [1.165, 1.54) is 55.2 Å². The Labute approximate surface area is 141 Å². The molecule has 0 nitrogen and oxygen atoms in total. The van der Waals surface area contributed by atoms with Gasteiger partial charge >= 0.3 is 0 Å². The summed E-state index contributed by atoms with van der Waals surface area (Å²) in [5.74, 6) is 2.19. The molecule has 0 N–H and O–H groups in total. The van der Waals surface area contributed by atoms with E-state index in [9.17, 15) is 0 Å². The largest absolute Gasteiger partial charge is 0.0704 e. The summed E-state index contributed by atoms with van der Waals surface area (Å²) in [6, 6.07) is 9.15. The first kappa shape index (κ1) is 15.0. The van der Waals surface area contributed by atoms with Gasteiger partial charge in [0.2, 0.25) is 0 Å². The highest BCUT2D eigenvalue weighted by Gasteiger charge is 2.32. The van der Waals surface area contributed by atoms with Gasteiger partial charge in [-0.2, -0.15) is 0 Å². The van der Waals surface area contributed by atoms with E-state index in [0.29, 0.717) is 5.92 Å². The maximum atomic E-state index is 2.49. The summed E-state index contributed by atoms with van der Waals surface area (Å²) in [6.07, 6.45) is 15.8. The molecule has 1 fully saturated rings. The lowest BCUT2D eigenvalue weighted by Crippen LogP contribution is -2.21. The van der Waals surface area contributed by atoms with Crippen LogP contribution in [0.4, 0.5) is 0 Å². The molecular formula is C23H28. The molecule has 0 bridgehead atoms. The molecule has 0 heterocycles. The van der Waals surface area contributed by atoms with Crippen LogP contribution in [0, 0.1) is 11.8 Å². The molecule has 1 aromatic rings. The van der Waals surface area contributed by atoms with E-state index in [-0.39, 0.29) is 0 Å².